The van der Waals surface area contributed by atoms with E-state index in [1.807, 2.05) is 30.3 Å². The highest BCUT2D eigenvalue weighted by atomic mass is 16.3. The van der Waals surface area contributed by atoms with Crippen LogP contribution in [-0.2, 0) is 6.54 Å². The molecule has 0 aliphatic heterocycles. The van der Waals surface area contributed by atoms with Gasteiger partial charge >= 0.3 is 0 Å². The summed E-state index contributed by atoms with van der Waals surface area (Å²) < 4.78 is 5.39. The zero-order valence-corrected chi connectivity index (χ0v) is 10.7. The molecule has 20 heavy (non-hydrogen) atoms. The van der Waals surface area contributed by atoms with Gasteiger partial charge in [-0.15, -0.1) is 0 Å². The molecule has 0 saturated carbocycles. The van der Waals surface area contributed by atoms with E-state index in [1.165, 1.54) is 18.4 Å². The number of hydrogen-bond donors (Lipinski definition) is 2. The minimum absolute atomic E-state index is 0.0795. The Balaban J connectivity index is 1.91. The lowest BCUT2D eigenvalue weighted by atomic mass is 10.1. The highest BCUT2D eigenvalue weighted by molar-refractivity contribution is 5.78. The molecule has 0 spiro atoms. The van der Waals surface area contributed by atoms with Gasteiger partial charge in [-0.25, -0.2) is 0 Å². The van der Waals surface area contributed by atoms with Crippen molar-refractivity contribution in [1.82, 2.24) is 0 Å². The molecule has 100 valence electrons. The van der Waals surface area contributed by atoms with E-state index in [9.17, 15) is 9.90 Å². The Kier molecular flexibility index (Phi) is 3.13. The van der Waals surface area contributed by atoms with Crippen molar-refractivity contribution in [3.8, 4) is 5.75 Å². The largest absolute Gasteiger partial charge is 0.508 e. The molecule has 2 aromatic carbocycles. The number of anilines is 1. The van der Waals surface area contributed by atoms with Gasteiger partial charge in [0.1, 0.15) is 11.3 Å². The minimum Gasteiger partial charge on any atom is -0.508 e. The van der Waals surface area contributed by atoms with Crippen LogP contribution in [0.15, 0.2) is 64.0 Å². The summed E-state index contributed by atoms with van der Waals surface area (Å²) >= 11 is 0. The van der Waals surface area contributed by atoms with Crippen molar-refractivity contribution in [3.63, 3.8) is 0 Å². The second kappa shape index (κ2) is 5.09. The number of nitrogens with one attached hydrogen (secondary N) is 1. The highest BCUT2D eigenvalue weighted by Crippen LogP contribution is 2.18. The van der Waals surface area contributed by atoms with Gasteiger partial charge in [-0.3, -0.25) is 4.79 Å². The maximum absolute atomic E-state index is 12.3. The number of aromatic hydroxyl groups is 1. The molecule has 0 aliphatic rings. The summed E-state index contributed by atoms with van der Waals surface area (Å²) in [5.41, 5.74) is 1.79. The number of phenolic OH excluding ortho intramolecular Hbond substituents is 1. The number of para-hydroxylation sites is 1. The third-order valence-corrected chi connectivity index (χ3v) is 3.09. The van der Waals surface area contributed by atoms with Crippen LogP contribution in [0.25, 0.3) is 11.0 Å². The summed E-state index contributed by atoms with van der Waals surface area (Å²) in [6.45, 7) is 0.392. The molecule has 0 atom stereocenters. The molecule has 1 heterocycles. The SMILES string of the molecule is O=c1c(CNc2ccccc2)coc2cc(O)ccc12. The van der Waals surface area contributed by atoms with Gasteiger partial charge < -0.3 is 14.8 Å². The average molecular weight is 267 g/mol. The fourth-order valence-electron chi connectivity index (χ4n) is 2.03. The van der Waals surface area contributed by atoms with Gasteiger partial charge in [-0.2, -0.15) is 0 Å². The van der Waals surface area contributed by atoms with E-state index >= 15 is 0 Å². The van der Waals surface area contributed by atoms with Gasteiger partial charge in [0.15, 0.2) is 5.43 Å². The first-order chi connectivity index (χ1) is 9.74. The summed E-state index contributed by atoms with van der Waals surface area (Å²) in [6, 6.07) is 14.1. The fourth-order valence-corrected chi connectivity index (χ4v) is 2.03. The first-order valence-corrected chi connectivity index (χ1v) is 6.26. The summed E-state index contributed by atoms with van der Waals surface area (Å²) in [7, 11) is 0. The Labute approximate surface area is 115 Å². The maximum Gasteiger partial charge on any atom is 0.197 e. The standard InChI is InChI=1S/C16H13NO3/c18-13-6-7-14-15(8-13)20-10-11(16(14)19)9-17-12-4-2-1-3-5-12/h1-8,10,17-18H,9H2. The van der Waals surface area contributed by atoms with Gasteiger partial charge in [-0.1, -0.05) is 18.2 Å². The second-order valence-corrected chi connectivity index (χ2v) is 4.49. The second-order valence-electron chi connectivity index (χ2n) is 4.49. The Hall–Kier alpha value is -2.75. The van der Waals surface area contributed by atoms with Crippen molar-refractivity contribution in [2.75, 3.05) is 5.32 Å². The number of fused-ring (bicyclic) bond motifs is 1. The van der Waals surface area contributed by atoms with Gasteiger partial charge in [-0.05, 0) is 24.3 Å². The monoisotopic (exact) mass is 267 g/mol. The third kappa shape index (κ3) is 2.36. The summed E-state index contributed by atoms with van der Waals surface area (Å²) in [6.07, 6.45) is 1.43. The number of benzene rings is 2. The van der Waals surface area contributed by atoms with Crippen LogP contribution in [0, 0.1) is 0 Å². The van der Waals surface area contributed by atoms with Gasteiger partial charge in [0.05, 0.1) is 17.2 Å². The molecule has 0 radical (unpaired) electrons. The number of rotatable bonds is 3. The van der Waals surface area contributed by atoms with E-state index in [1.54, 1.807) is 6.07 Å². The van der Waals surface area contributed by atoms with E-state index in [2.05, 4.69) is 5.32 Å². The molecule has 0 aliphatic carbocycles. The molecule has 4 nitrogen and oxygen atoms in total. The Morgan fingerprint density at radius 1 is 1.10 bits per heavy atom. The molecule has 0 fully saturated rings. The lowest BCUT2D eigenvalue weighted by Gasteiger charge is -2.06. The van der Waals surface area contributed by atoms with Crippen LogP contribution >= 0.6 is 0 Å². The van der Waals surface area contributed by atoms with Crippen molar-refractivity contribution >= 4 is 16.7 Å². The third-order valence-electron chi connectivity index (χ3n) is 3.09. The lowest BCUT2D eigenvalue weighted by Crippen LogP contribution is -2.12. The van der Waals surface area contributed by atoms with Crippen molar-refractivity contribution in [2.45, 2.75) is 6.54 Å². The van der Waals surface area contributed by atoms with Crippen molar-refractivity contribution in [3.05, 3.63) is 70.6 Å². The molecule has 2 N–H and O–H groups in total. The fraction of sp³-hybridized carbons (Fsp3) is 0.0625. The van der Waals surface area contributed by atoms with E-state index < -0.39 is 0 Å². The van der Waals surface area contributed by atoms with E-state index in [-0.39, 0.29) is 11.2 Å². The molecule has 0 saturated heterocycles. The quantitative estimate of drug-likeness (QED) is 0.765. The van der Waals surface area contributed by atoms with E-state index in [0.29, 0.717) is 23.1 Å². The van der Waals surface area contributed by atoms with Crippen LogP contribution < -0.4 is 10.7 Å². The predicted octanol–water partition coefficient (Wildman–Crippen LogP) is 3.11. The number of hydrogen-bond acceptors (Lipinski definition) is 4. The minimum atomic E-state index is -0.0883. The van der Waals surface area contributed by atoms with Crippen LogP contribution in [0.1, 0.15) is 5.56 Å². The molecule has 4 heteroatoms. The zero-order valence-electron chi connectivity index (χ0n) is 10.7. The molecule has 0 amide bonds. The topological polar surface area (TPSA) is 62.5 Å². The molecule has 0 bridgehead atoms. The van der Waals surface area contributed by atoms with Gasteiger partial charge in [0.2, 0.25) is 0 Å². The first kappa shape index (κ1) is 12.3. The molecule has 3 rings (SSSR count). The molecule has 3 aromatic rings. The summed E-state index contributed by atoms with van der Waals surface area (Å²) in [5.74, 6) is 0.0795. The zero-order chi connectivity index (χ0) is 13.9. The lowest BCUT2D eigenvalue weighted by molar-refractivity contribution is 0.474. The maximum atomic E-state index is 12.3. The van der Waals surface area contributed by atoms with Crippen LogP contribution in [0.2, 0.25) is 0 Å². The smallest absolute Gasteiger partial charge is 0.197 e. The van der Waals surface area contributed by atoms with Crippen LogP contribution in [-0.4, -0.2) is 5.11 Å². The van der Waals surface area contributed by atoms with E-state index in [4.69, 9.17) is 4.42 Å². The predicted molar refractivity (Wildman–Crippen MR) is 77.9 cm³/mol. The van der Waals surface area contributed by atoms with Crippen molar-refractivity contribution in [1.29, 1.82) is 0 Å². The van der Waals surface area contributed by atoms with Crippen LogP contribution in [0.5, 0.6) is 5.75 Å². The molecular weight excluding hydrogens is 254 g/mol. The van der Waals surface area contributed by atoms with Crippen molar-refractivity contribution in [2.24, 2.45) is 0 Å². The molecular formula is C16H13NO3. The number of phenols is 1. The summed E-state index contributed by atoms with van der Waals surface area (Å²) in [5, 5.41) is 13.0. The van der Waals surface area contributed by atoms with Gasteiger partial charge in [0.25, 0.3) is 0 Å². The van der Waals surface area contributed by atoms with Gasteiger partial charge in [0, 0.05) is 18.3 Å². The Morgan fingerprint density at radius 3 is 2.70 bits per heavy atom. The Morgan fingerprint density at radius 2 is 1.90 bits per heavy atom. The molecule has 1 aromatic heterocycles. The van der Waals surface area contributed by atoms with Crippen molar-refractivity contribution < 1.29 is 9.52 Å². The Bertz CT molecular complexity index is 794. The normalized spacial score (nSPS) is 10.6. The van der Waals surface area contributed by atoms with Crippen LogP contribution in [0.3, 0.4) is 0 Å². The average Bonchev–Trinajstić information content (AvgIpc) is 2.47. The first-order valence-electron chi connectivity index (χ1n) is 6.26. The summed E-state index contributed by atoms with van der Waals surface area (Å²) in [4.78, 5) is 12.3. The van der Waals surface area contributed by atoms with Crippen LogP contribution in [0.4, 0.5) is 5.69 Å². The van der Waals surface area contributed by atoms with E-state index in [0.717, 1.165) is 5.69 Å². The molecule has 0 unspecified atom stereocenters. The highest BCUT2D eigenvalue weighted by Gasteiger charge is 2.07.